The third-order valence-corrected chi connectivity index (χ3v) is 1.08. The van der Waals surface area contributed by atoms with Crippen LogP contribution in [0.1, 0.15) is 13.3 Å². The quantitative estimate of drug-likeness (QED) is 0.348. The molecule has 0 spiro atoms. The summed E-state index contributed by atoms with van der Waals surface area (Å²) in [5.74, 6) is 0.259. The Bertz CT molecular complexity index is 143. The van der Waals surface area contributed by atoms with E-state index in [0.717, 1.165) is 12.0 Å². The first-order chi connectivity index (χ1) is 4.22. The van der Waals surface area contributed by atoms with E-state index >= 15 is 0 Å². The topological polar surface area (TPSA) is 20.2 Å². The molecular weight excluding hydrogens is 112 g/mol. The standard InChI is InChI=1S/C8H12O/c1-4-6-7(3)8(9)5-2/h4-5,9H,1-2,6H2,3H3/b8-7-. The highest BCUT2D eigenvalue weighted by Crippen LogP contribution is 2.05. The van der Waals surface area contributed by atoms with E-state index in [2.05, 4.69) is 13.2 Å². The molecule has 1 heteroatoms. The fraction of sp³-hybridized carbons (Fsp3) is 0.250. The monoisotopic (exact) mass is 124 g/mol. The van der Waals surface area contributed by atoms with Crippen LogP contribution in [-0.4, -0.2) is 5.11 Å². The van der Waals surface area contributed by atoms with Gasteiger partial charge in [0, 0.05) is 0 Å². The van der Waals surface area contributed by atoms with Gasteiger partial charge in [0.25, 0.3) is 0 Å². The van der Waals surface area contributed by atoms with E-state index in [4.69, 9.17) is 5.11 Å². The summed E-state index contributed by atoms with van der Waals surface area (Å²) in [6.45, 7) is 8.81. The van der Waals surface area contributed by atoms with Crippen LogP contribution in [0.2, 0.25) is 0 Å². The predicted molar refractivity (Wildman–Crippen MR) is 40.3 cm³/mol. The predicted octanol–water partition coefficient (Wildman–Crippen LogP) is 2.58. The molecule has 0 aliphatic heterocycles. The Balaban J connectivity index is 4.08. The van der Waals surface area contributed by atoms with Crippen LogP contribution in [0, 0.1) is 0 Å². The first kappa shape index (κ1) is 8.02. The van der Waals surface area contributed by atoms with E-state index in [1.165, 1.54) is 6.08 Å². The molecule has 0 aromatic rings. The van der Waals surface area contributed by atoms with Crippen molar-refractivity contribution >= 4 is 0 Å². The van der Waals surface area contributed by atoms with Gasteiger partial charge in [0.2, 0.25) is 0 Å². The van der Waals surface area contributed by atoms with Crippen LogP contribution < -0.4 is 0 Å². The lowest BCUT2D eigenvalue weighted by Gasteiger charge is -1.95. The van der Waals surface area contributed by atoms with Crippen molar-refractivity contribution in [1.82, 2.24) is 0 Å². The molecular formula is C8H12O. The minimum absolute atomic E-state index is 0.259. The van der Waals surface area contributed by atoms with Crippen molar-refractivity contribution in [2.45, 2.75) is 13.3 Å². The third-order valence-electron chi connectivity index (χ3n) is 1.08. The second-order valence-electron chi connectivity index (χ2n) is 1.86. The summed E-state index contributed by atoms with van der Waals surface area (Å²) in [6.07, 6.45) is 3.89. The molecule has 0 heterocycles. The Hall–Kier alpha value is -0.980. The fourth-order valence-corrected chi connectivity index (χ4v) is 0.495. The van der Waals surface area contributed by atoms with E-state index in [9.17, 15) is 0 Å². The van der Waals surface area contributed by atoms with Crippen molar-refractivity contribution in [3.05, 3.63) is 36.6 Å². The molecule has 0 radical (unpaired) electrons. The van der Waals surface area contributed by atoms with Gasteiger partial charge >= 0.3 is 0 Å². The first-order valence-electron chi connectivity index (χ1n) is 2.84. The van der Waals surface area contributed by atoms with E-state index in [-0.39, 0.29) is 5.76 Å². The van der Waals surface area contributed by atoms with E-state index in [1.807, 2.05) is 6.92 Å². The largest absolute Gasteiger partial charge is 0.508 e. The van der Waals surface area contributed by atoms with Gasteiger partial charge in [-0.05, 0) is 25.0 Å². The molecule has 1 nitrogen and oxygen atoms in total. The number of hydrogen-bond donors (Lipinski definition) is 1. The van der Waals surface area contributed by atoms with Crippen LogP contribution in [0.3, 0.4) is 0 Å². The van der Waals surface area contributed by atoms with Gasteiger partial charge in [0.15, 0.2) is 0 Å². The van der Waals surface area contributed by atoms with Gasteiger partial charge < -0.3 is 5.11 Å². The lowest BCUT2D eigenvalue weighted by Crippen LogP contribution is -1.80. The average Bonchev–Trinajstić information content (AvgIpc) is 1.87. The first-order valence-corrected chi connectivity index (χ1v) is 2.84. The van der Waals surface area contributed by atoms with Crippen molar-refractivity contribution in [2.24, 2.45) is 0 Å². The summed E-state index contributed by atoms with van der Waals surface area (Å²) in [4.78, 5) is 0. The summed E-state index contributed by atoms with van der Waals surface area (Å²) in [5.41, 5.74) is 0.903. The Kier molecular flexibility index (Phi) is 3.52. The molecule has 9 heavy (non-hydrogen) atoms. The minimum atomic E-state index is 0.259. The summed E-state index contributed by atoms with van der Waals surface area (Å²) in [5, 5.41) is 8.97. The Labute approximate surface area is 56.0 Å². The Morgan fingerprint density at radius 3 is 2.44 bits per heavy atom. The van der Waals surface area contributed by atoms with Crippen LogP contribution in [0.5, 0.6) is 0 Å². The Morgan fingerprint density at radius 1 is 1.56 bits per heavy atom. The van der Waals surface area contributed by atoms with Gasteiger partial charge in [0.1, 0.15) is 5.76 Å². The van der Waals surface area contributed by atoms with E-state index < -0.39 is 0 Å². The number of rotatable bonds is 3. The number of allylic oxidation sites excluding steroid dienone is 3. The van der Waals surface area contributed by atoms with E-state index in [1.54, 1.807) is 6.08 Å². The molecule has 0 aliphatic carbocycles. The average molecular weight is 124 g/mol. The lowest BCUT2D eigenvalue weighted by molar-refractivity contribution is 0.424. The van der Waals surface area contributed by atoms with Crippen molar-refractivity contribution in [1.29, 1.82) is 0 Å². The van der Waals surface area contributed by atoms with Gasteiger partial charge in [0.05, 0.1) is 0 Å². The summed E-state index contributed by atoms with van der Waals surface area (Å²) in [7, 11) is 0. The fourth-order valence-electron chi connectivity index (χ4n) is 0.495. The smallest absolute Gasteiger partial charge is 0.114 e. The summed E-state index contributed by atoms with van der Waals surface area (Å²) < 4.78 is 0. The van der Waals surface area contributed by atoms with E-state index in [0.29, 0.717) is 0 Å². The summed E-state index contributed by atoms with van der Waals surface area (Å²) in [6, 6.07) is 0. The Morgan fingerprint density at radius 2 is 2.11 bits per heavy atom. The van der Waals surface area contributed by atoms with Gasteiger partial charge in [-0.2, -0.15) is 0 Å². The van der Waals surface area contributed by atoms with Gasteiger partial charge in [-0.1, -0.05) is 12.7 Å². The highest BCUT2D eigenvalue weighted by atomic mass is 16.3. The number of aliphatic hydroxyl groups excluding tert-OH is 1. The number of hydrogen-bond acceptors (Lipinski definition) is 1. The molecule has 0 rings (SSSR count). The van der Waals surface area contributed by atoms with Crippen LogP contribution >= 0.6 is 0 Å². The summed E-state index contributed by atoms with van der Waals surface area (Å²) >= 11 is 0. The molecule has 1 N–H and O–H groups in total. The molecule has 0 amide bonds. The molecule has 0 saturated heterocycles. The second-order valence-corrected chi connectivity index (χ2v) is 1.86. The molecule has 50 valence electrons. The van der Waals surface area contributed by atoms with Crippen LogP contribution in [-0.2, 0) is 0 Å². The molecule has 0 atom stereocenters. The molecule has 0 saturated carbocycles. The van der Waals surface area contributed by atoms with Crippen molar-refractivity contribution in [3.8, 4) is 0 Å². The van der Waals surface area contributed by atoms with Crippen molar-refractivity contribution in [2.75, 3.05) is 0 Å². The zero-order valence-electron chi connectivity index (χ0n) is 5.72. The van der Waals surface area contributed by atoms with Gasteiger partial charge in [-0.15, -0.1) is 6.58 Å². The SMILES string of the molecule is C=CC/C(C)=C(\O)C=C. The maximum Gasteiger partial charge on any atom is 0.114 e. The number of aliphatic hydroxyl groups is 1. The maximum absolute atomic E-state index is 8.97. The van der Waals surface area contributed by atoms with Crippen LogP contribution in [0.4, 0.5) is 0 Å². The molecule has 0 unspecified atom stereocenters. The maximum atomic E-state index is 8.97. The van der Waals surface area contributed by atoms with Crippen molar-refractivity contribution < 1.29 is 5.11 Å². The zero-order chi connectivity index (χ0) is 7.28. The molecule has 0 aliphatic rings. The second kappa shape index (κ2) is 3.96. The molecule has 0 aromatic carbocycles. The molecule has 0 aromatic heterocycles. The minimum Gasteiger partial charge on any atom is -0.508 e. The molecule has 0 bridgehead atoms. The molecule has 0 fully saturated rings. The highest BCUT2D eigenvalue weighted by molar-refractivity contribution is 5.16. The third kappa shape index (κ3) is 2.75. The normalized spacial score (nSPS) is 12.1. The highest BCUT2D eigenvalue weighted by Gasteiger charge is 1.90. The van der Waals surface area contributed by atoms with Crippen molar-refractivity contribution in [3.63, 3.8) is 0 Å². The van der Waals surface area contributed by atoms with Gasteiger partial charge in [-0.25, -0.2) is 0 Å². The zero-order valence-corrected chi connectivity index (χ0v) is 5.72. The van der Waals surface area contributed by atoms with Crippen LogP contribution in [0.25, 0.3) is 0 Å². The van der Waals surface area contributed by atoms with Gasteiger partial charge in [-0.3, -0.25) is 0 Å². The lowest BCUT2D eigenvalue weighted by atomic mass is 10.2. The van der Waals surface area contributed by atoms with Crippen LogP contribution in [0.15, 0.2) is 36.6 Å².